The molecule has 135 heavy (non-hydrogen) atoms. The van der Waals surface area contributed by atoms with Crippen molar-refractivity contribution >= 4 is 163 Å². The van der Waals surface area contributed by atoms with Gasteiger partial charge in [0, 0.05) is 63.5 Å². The molecule has 41 heteroatoms. The number of hydrogen-bond donors (Lipinski definition) is 8. The highest BCUT2D eigenvalue weighted by molar-refractivity contribution is 7.92. The van der Waals surface area contributed by atoms with Crippen molar-refractivity contribution in [2.75, 3.05) is 126 Å². The second kappa shape index (κ2) is 40.8. The number of carbonyl (C=O) groups is 5. The number of likely N-dealkylation sites (N-methyl/N-ethyl adjacent to an activating group) is 2. The van der Waals surface area contributed by atoms with E-state index in [1.54, 1.807) is 128 Å². The normalized spacial score (nSPS) is 17.1. The molecule has 36 nitrogen and oxygen atoms in total. The van der Waals surface area contributed by atoms with Gasteiger partial charge in [0.15, 0.2) is 46.8 Å². The van der Waals surface area contributed by atoms with Crippen molar-refractivity contribution < 1.29 is 63.4 Å². The third-order valence-corrected chi connectivity index (χ3v) is 32.3. The number of H-pyrrole nitrogens is 1. The number of amides is 5. The van der Waals surface area contributed by atoms with Gasteiger partial charge in [-0.05, 0) is 236 Å². The molecule has 7 aliphatic rings. The van der Waals surface area contributed by atoms with Crippen LogP contribution in [0.5, 0.6) is 17.2 Å². The fourth-order valence-electron chi connectivity index (χ4n) is 17.4. The molecule has 6 aromatic carbocycles. The van der Waals surface area contributed by atoms with Crippen molar-refractivity contribution in [2.45, 2.75) is 181 Å². The molecule has 0 radical (unpaired) electrons. The van der Waals surface area contributed by atoms with E-state index in [9.17, 15) is 49.2 Å². The zero-order valence-electron chi connectivity index (χ0n) is 77.8. The Bertz CT molecular complexity index is 6530. The van der Waals surface area contributed by atoms with Crippen LogP contribution in [0.25, 0.3) is 11.0 Å². The number of nitrogens with one attached hydrogen (secondary N) is 8. The molecule has 716 valence electrons. The van der Waals surface area contributed by atoms with Gasteiger partial charge >= 0.3 is 0 Å². The first-order valence-electron chi connectivity index (χ1n) is 45.0. The zero-order chi connectivity index (χ0) is 96.4. The third kappa shape index (κ3) is 21.1. The second-order valence-corrected chi connectivity index (χ2v) is 44.2. The third-order valence-electron chi connectivity index (χ3n) is 25.1. The summed E-state index contributed by atoms with van der Waals surface area (Å²) in [7, 11) is -1.83. The summed E-state index contributed by atoms with van der Waals surface area (Å²) in [4.78, 5) is 106. The number of halogens is 2. The van der Waals surface area contributed by atoms with Crippen LogP contribution in [0.4, 0.5) is 69.4 Å². The quantitative estimate of drug-likeness (QED) is 0.0216. The number of sulfone groups is 3. The van der Waals surface area contributed by atoms with Gasteiger partial charge in [-0.2, -0.15) is 25.0 Å². The van der Waals surface area contributed by atoms with Crippen LogP contribution in [-0.2, 0) is 57.0 Å². The van der Waals surface area contributed by atoms with Crippen molar-refractivity contribution in [3.05, 3.63) is 171 Å². The number of piperidine rings is 1. The highest BCUT2D eigenvalue weighted by Gasteiger charge is 2.46. The van der Waals surface area contributed by atoms with E-state index in [1.807, 2.05) is 76.5 Å². The molecule has 0 saturated carbocycles. The van der Waals surface area contributed by atoms with Crippen LogP contribution in [0.2, 0.25) is 10.0 Å². The van der Waals surface area contributed by atoms with Crippen LogP contribution in [0.1, 0.15) is 143 Å². The maximum absolute atomic E-state index is 13.5. The van der Waals surface area contributed by atoms with E-state index in [0.29, 0.717) is 131 Å². The number of likely N-dealkylation sites (tertiary alicyclic amines) is 4. The standard InChI is InChI=1S/C33H44N8O4S.C31H36ClN7O5S.C30H34ClN7O5S/c1-20(2)45-28-17-24(23-12-14-41(15-13-23)30(42)19-40(6)7)22(5)16-27(28)36-33-37-31(25-18-34-39-32(25)38-33)35-26-10-8-9-11-29(26)46(43,44)21(3)4;1-18(2)45(42,43)27-10-6-5-8-23(27)34-28-22(32)14-33-31(36-28)35-24-13-21-19(12-26(24)44-4)15-39(29(21)40)20-16-38(17-20)30(41)25-9-7-11-37(25)3;1-17(2)44(41,42)26-9-5-4-7-22(26)34-27-21(31)13-33-30(36-27)35-24-12-20-18(11-25(24)43-3)14-38(28(20)39)19-15-37(16-19)29(40)23-8-6-10-32-23/h8-11,16-18,20-21,23H,12-15,19H2,1-7H3,(H3,34,35,36,37,38,39);5-6,8,10,12-14,18,20,25H,7,9,11,15-17H2,1-4H3,(H2,33,34,35,36);4-5,7,9,11-13,17,19,23,32H,6,8,10,14-16H2,1-3H3,(H2,33,34,35,36)/t;25-;23-/m.00/s1. The number of hydrogen-bond acceptors (Lipinski definition) is 30. The van der Waals surface area contributed by atoms with Crippen LogP contribution in [-0.4, -0.2) is 269 Å². The average molecular weight is 1940 g/mol. The number of anilines is 12. The van der Waals surface area contributed by atoms with Crippen LogP contribution >= 0.6 is 23.2 Å². The summed E-state index contributed by atoms with van der Waals surface area (Å²) in [6, 6.07) is 30.9. The van der Waals surface area contributed by atoms with E-state index in [0.717, 1.165) is 81.4 Å². The van der Waals surface area contributed by atoms with Gasteiger partial charge in [-0.3, -0.25) is 34.0 Å². The molecule has 5 amide bonds. The van der Waals surface area contributed by atoms with Crippen molar-refractivity contribution in [2.24, 2.45) is 0 Å². The SMILES string of the molecule is COc1cc2c(cc1Nc1ncc(Cl)c(Nc3ccccc3S(=O)(=O)C(C)C)n1)C(=O)N(C1CN(C(=O)[C@@H]3CCCN3)C1)C2.COc1cc2c(cc1Nc1ncc(Cl)c(Nc3ccccc3S(=O)(=O)C(C)C)n1)C(=O)N(C1CN(C(=O)[C@@H]3CCCN3C)C1)C2.Cc1cc(Nc2nc(Nc3ccccc3S(=O)(=O)C(C)C)c3cn[nH]c3n2)c(OC(C)C)cc1C1CCN(C(=O)CN(C)C)CC1. The number of carbonyl (C=O) groups excluding carboxylic acids is 5. The maximum atomic E-state index is 13.5. The van der Waals surface area contributed by atoms with Crippen LogP contribution in [0.3, 0.4) is 0 Å². The zero-order valence-corrected chi connectivity index (χ0v) is 81.8. The molecular formula is C94H114Cl2N22O14S3. The van der Waals surface area contributed by atoms with E-state index >= 15 is 0 Å². The van der Waals surface area contributed by atoms with Crippen molar-refractivity contribution in [3.63, 3.8) is 0 Å². The first-order chi connectivity index (χ1) is 64.4. The molecule has 2 atom stereocenters. The molecule has 0 bridgehead atoms. The summed E-state index contributed by atoms with van der Waals surface area (Å²) < 4.78 is 95.5. The van der Waals surface area contributed by atoms with Gasteiger partial charge in [-0.25, -0.2) is 35.2 Å². The largest absolute Gasteiger partial charge is 0.495 e. The van der Waals surface area contributed by atoms with Gasteiger partial charge in [0.25, 0.3) is 11.8 Å². The molecule has 8 N–H and O–H groups in total. The number of rotatable bonds is 29. The topological polar surface area (TPSA) is 428 Å². The van der Waals surface area contributed by atoms with Crippen molar-refractivity contribution in [1.82, 2.24) is 79.7 Å². The molecule has 17 rings (SSSR count). The average Bonchev–Trinajstić information content (AvgIpc) is 1.58. The monoisotopic (exact) mass is 1940 g/mol. The summed E-state index contributed by atoms with van der Waals surface area (Å²) in [6.07, 6.45) is 9.86. The Balaban J connectivity index is 0.000000154. The molecule has 0 unspecified atom stereocenters. The minimum atomic E-state index is -3.58. The highest BCUT2D eigenvalue weighted by Crippen LogP contribution is 2.44. The van der Waals surface area contributed by atoms with E-state index in [-0.39, 0.29) is 114 Å². The minimum absolute atomic E-state index is 0.0430. The Kier molecular flexibility index (Phi) is 29.5. The van der Waals surface area contributed by atoms with E-state index < -0.39 is 45.3 Å². The molecular weight excluding hydrogens is 1830 g/mol. The molecule has 11 heterocycles. The first-order valence-corrected chi connectivity index (χ1v) is 50.4. The number of methoxy groups -OCH3 is 2. The lowest BCUT2D eigenvalue weighted by atomic mass is 9.86. The molecule has 7 aliphatic heterocycles. The predicted molar refractivity (Wildman–Crippen MR) is 519 cm³/mol. The van der Waals surface area contributed by atoms with Gasteiger partial charge in [-0.1, -0.05) is 59.6 Å². The number of aromatic nitrogens is 8. The summed E-state index contributed by atoms with van der Waals surface area (Å²) in [5.74, 6) is 3.62. The Morgan fingerprint density at radius 1 is 0.526 bits per heavy atom. The summed E-state index contributed by atoms with van der Waals surface area (Å²) in [6.45, 7) is 22.5. The smallest absolute Gasteiger partial charge is 0.254 e. The molecule has 0 aliphatic carbocycles. The first kappa shape index (κ1) is 97.4. The molecule has 10 aromatic rings. The van der Waals surface area contributed by atoms with Gasteiger partial charge < -0.3 is 80.8 Å². The Morgan fingerprint density at radius 2 is 0.985 bits per heavy atom. The number of aromatic amines is 1. The van der Waals surface area contributed by atoms with Crippen molar-refractivity contribution in [1.29, 1.82) is 0 Å². The summed E-state index contributed by atoms with van der Waals surface area (Å²) in [5, 5.41) is 28.4. The minimum Gasteiger partial charge on any atom is -0.495 e. The number of nitrogens with zero attached hydrogens (tertiary/aromatic N) is 14. The molecule has 5 saturated heterocycles. The summed E-state index contributed by atoms with van der Waals surface area (Å²) in [5.41, 5.74) is 8.31. The Hall–Kier alpha value is -12.1. The lowest BCUT2D eigenvalue weighted by molar-refractivity contribution is -0.142. The summed E-state index contributed by atoms with van der Waals surface area (Å²) >= 11 is 12.8. The Labute approximate surface area is 795 Å². The second-order valence-electron chi connectivity index (χ2n) is 36.0. The fourth-order valence-corrected chi connectivity index (χ4v) is 21.3. The van der Waals surface area contributed by atoms with E-state index in [2.05, 4.69) is 96.3 Å². The van der Waals surface area contributed by atoms with Crippen LogP contribution in [0, 0.1) is 6.92 Å². The molecule has 0 spiro atoms. The maximum Gasteiger partial charge on any atom is 0.254 e. The number of para-hydroxylation sites is 3. The van der Waals surface area contributed by atoms with E-state index in [1.165, 1.54) is 37.2 Å². The fraction of sp³-hybridized carbons (Fsp3) is 0.426. The number of aryl methyl sites for hydroxylation is 1. The molecule has 4 aromatic heterocycles. The Morgan fingerprint density at radius 3 is 1.43 bits per heavy atom. The number of ether oxygens (including phenoxy) is 3. The van der Waals surface area contributed by atoms with Gasteiger partial charge in [0.05, 0.1) is 140 Å². The number of benzene rings is 6. The van der Waals surface area contributed by atoms with E-state index in [4.69, 9.17) is 42.4 Å². The van der Waals surface area contributed by atoms with Gasteiger partial charge in [0.1, 0.15) is 33.1 Å². The lowest BCUT2D eigenvalue weighted by Crippen LogP contribution is -2.63. The molecule has 5 fully saturated rings. The predicted octanol–water partition coefficient (Wildman–Crippen LogP) is 13.2. The van der Waals surface area contributed by atoms with Gasteiger partial charge in [-0.15, -0.1) is 0 Å². The number of fused-ring (bicyclic) bond motifs is 3. The highest BCUT2D eigenvalue weighted by atomic mass is 35.5. The van der Waals surface area contributed by atoms with Crippen LogP contribution < -0.4 is 51.4 Å². The lowest BCUT2D eigenvalue weighted by Gasteiger charge is -2.45. The van der Waals surface area contributed by atoms with Crippen LogP contribution in [0.15, 0.2) is 142 Å². The van der Waals surface area contributed by atoms with Crippen molar-refractivity contribution in [3.8, 4) is 17.2 Å². The van der Waals surface area contributed by atoms with Gasteiger partial charge in [0.2, 0.25) is 35.6 Å².